The SMILES string of the molecule is COc1ccc(C)cc1S(=O)(=O)Nc1cccc(-c2nc3ccccc3s2)c1. The number of rotatable bonds is 5. The number of aromatic nitrogens is 1. The lowest BCUT2D eigenvalue weighted by molar-refractivity contribution is 0.402. The third-order valence-electron chi connectivity index (χ3n) is 4.26. The van der Waals surface area contributed by atoms with Crippen molar-refractivity contribution in [2.24, 2.45) is 0 Å². The predicted molar refractivity (Wildman–Crippen MR) is 114 cm³/mol. The first-order valence-electron chi connectivity index (χ1n) is 8.60. The molecule has 0 spiro atoms. The van der Waals surface area contributed by atoms with E-state index in [1.807, 2.05) is 49.4 Å². The molecule has 1 aromatic heterocycles. The van der Waals surface area contributed by atoms with Crippen LogP contribution < -0.4 is 9.46 Å². The summed E-state index contributed by atoms with van der Waals surface area (Å²) in [5.41, 5.74) is 3.10. The summed E-state index contributed by atoms with van der Waals surface area (Å²) in [6.45, 7) is 1.84. The maximum atomic E-state index is 12.9. The zero-order valence-corrected chi connectivity index (χ0v) is 17.0. The van der Waals surface area contributed by atoms with Crippen molar-refractivity contribution >= 4 is 37.3 Å². The van der Waals surface area contributed by atoms with Crippen molar-refractivity contribution in [3.8, 4) is 16.3 Å². The van der Waals surface area contributed by atoms with Gasteiger partial charge in [0.05, 0.1) is 17.3 Å². The number of hydrogen-bond donors (Lipinski definition) is 1. The topological polar surface area (TPSA) is 68.3 Å². The molecule has 0 fully saturated rings. The number of methoxy groups -OCH3 is 1. The Balaban J connectivity index is 1.69. The zero-order valence-electron chi connectivity index (χ0n) is 15.3. The minimum atomic E-state index is -3.79. The molecule has 0 unspecified atom stereocenters. The Hall–Kier alpha value is -2.90. The van der Waals surface area contributed by atoms with E-state index in [0.29, 0.717) is 11.4 Å². The van der Waals surface area contributed by atoms with Gasteiger partial charge < -0.3 is 4.74 Å². The van der Waals surface area contributed by atoms with Crippen molar-refractivity contribution in [1.82, 2.24) is 4.98 Å². The molecule has 5 nitrogen and oxygen atoms in total. The molecule has 1 N–H and O–H groups in total. The van der Waals surface area contributed by atoms with E-state index in [2.05, 4.69) is 9.71 Å². The van der Waals surface area contributed by atoms with Crippen LogP contribution in [0.1, 0.15) is 5.56 Å². The molecule has 0 saturated carbocycles. The fourth-order valence-electron chi connectivity index (χ4n) is 2.92. The van der Waals surface area contributed by atoms with E-state index in [1.165, 1.54) is 7.11 Å². The highest BCUT2D eigenvalue weighted by molar-refractivity contribution is 7.92. The summed E-state index contributed by atoms with van der Waals surface area (Å²) in [5, 5.41) is 0.843. The number of sulfonamides is 1. The molecule has 0 bridgehead atoms. The summed E-state index contributed by atoms with van der Waals surface area (Å²) >= 11 is 1.57. The summed E-state index contributed by atoms with van der Waals surface area (Å²) in [7, 11) is -2.34. The van der Waals surface area contributed by atoms with Crippen LogP contribution >= 0.6 is 11.3 Å². The van der Waals surface area contributed by atoms with Crippen molar-refractivity contribution in [2.75, 3.05) is 11.8 Å². The molecule has 0 aliphatic carbocycles. The molecular weight excluding hydrogens is 392 g/mol. The standard InChI is InChI=1S/C21H18N2O3S2/c1-14-10-11-18(26-2)20(12-14)28(24,25)23-16-7-5-6-15(13-16)21-22-17-8-3-4-9-19(17)27-21/h3-13,23H,1-2H3. The van der Waals surface area contributed by atoms with Crippen molar-refractivity contribution in [3.05, 3.63) is 72.3 Å². The Labute approximate surface area is 167 Å². The van der Waals surface area contributed by atoms with E-state index < -0.39 is 10.0 Å². The monoisotopic (exact) mass is 410 g/mol. The molecule has 1 heterocycles. The number of fused-ring (bicyclic) bond motifs is 1. The van der Waals surface area contributed by atoms with Gasteiger partial charge in [-0.3, -0.25) is 4.72 Å². The second kappa shape index (κ2) is 7.26. The lowest BCUT2D eigenvalue weighted by atomic mass is 10.2. The fourth-order valence-corrected chi connectivity index (χ4v) is 5.18. The molecule has 0 atom stereocenters. The second-order valence-electron chi connectivity index (χ2n) is 6.33. The van der Waals surface area contributed by atoms with Crippen LogP contribution in [0.25, 0.3) is 20.8 Å². The van der Waals surface area contributed by atoms with Crippen molar-refractivity contribution in [3.63, 3.8) is 0 Å². The average molecular weight is 411 g/mol. The molecule has 3 aromatic carbocycles. The number of hydrogen-bond acceptors (Lipinski definition) is 5. The average Bonchev–Trinajstić information content (AvgIpc) is 3.12. The van der Waals surface area contributed by atoms with Gasteiger partial charge in [-0.15, -0.1) is 11.3 Å². The van der Waals surface area contributed by atoms with Crippen LogP contribution in [0.15, 0.2) is 71.6 Å². The van der Waals surface area contributed by atoms with Crippen LogP contribution in [-0.4, -0.2) is 20.5 Å². The molecular formula is C21H18N2O3S2. The molecule has 4 aromatic rings. The van der Waals surface area contributed by atoms with Gasteiger partial charge in [-0.25, -0.2) is 13.4 Å². The minimum Gasteiger partial charge on any atom is -0.495 e. The molecule has 0 radical (unpaired) electrons. The highest BCUT2D eigenvalue weighted by Gasteiger charge is 2.20. The molecule has 142 valence electrons. The molecule has 4 rings (SSSR count). The molecule has 0 aliphatic rings. The summed E-state index contributed by atoms with van der Waals surface area (Å²) in [6, 6.07) is 20.2. The highest BCUT2D eigenvalue weighted by Crippen LogP contribution is 2.32. The maximum Gasteiger partial charge on any atom is 0.265 e. The Kier molecular flexibility index (Phi) is 4.78. The third-order valence-corrected chi connectivity index (χ3v) is 6.75. The fraction of sp³-hybridized carbons (Fsp3) is 0.0952. The minimum absolute atomic E-state index is 0.111. The second-order valence-corrected chi connectivity index (χ2v) is 9.01. The highest BCUT2D eigenvalue weighted by atomic mass is 32.2. The van der Waals surface area contributed by atoms with Crippen molar-refractivity contribution < 1.29 is 13.2 Å². The first-order chi connectivity index (χ1) is 13.5. The number of benzene rings is 3. The maximum absolute atomic E-state index is 12.9. The molecule has 7 heteroatoms. The number of nitrogens with one attached hydrogen (secondary N) is 1. The van der Waals surface area contributed by atoms with E-state index in [9.17, 15) is 8.42 Å². The molecule has 28 heavy (non-hydrogen) atoms. The number of nitrogens with zero attached hydrogens (tertiary/aromatic N) is 1. The Morgan fingerprint density at radius 2 is 1.82 bits per heavy atom. The van der Waals surface area contributed by atoms with Crippen LogP contribution in [0.2, 0.25) is 0 Å². The largest absolute Gasteiger partial charge is 0.495 e. The Bertz CT molecular complexity index is 1230. The number of ether oxygens (including phenoxy) is 1. The number of aryl methyl sites for hydroxylation is 1. The summed E-state index contributed by atoms with van der Waals surface area (Å²) in [4.78, 5) is 4.75. The van der Waals surface area contributed by atoms with E-state index >= 15 is 0 Å². The van der Waals surface area contributed by atoms with Gasteiger partial charge in [0.2, 0.25) is 0 Å². The van der Waals surface area contributed by atoms with Crippen LogP contribution in [0, 0.1) is 6.92 Å². The summed E-state index contributed by atoms with van der Waals surface area (Å²) in [5.74, 6) is 0.306. The Morgan fingerprint density at radius 1 is 1.00 bits per heavy atom. The van der Waals surface area contributed by atoms with Crippen molar-refractivity contribution in [1.29, 1.82) is 0 Å². The zero-order chi connectivity index (χ0) is 19.7. The van der Waals surface area contributed by atoms with E-state index in [0.717, 1.165) is 26.4 Å². The van der Waals surface area contributed by atoms with Gasteiger partial charge in [-0.05, 0) is 48.9 Å². The molecule has 0 saturated heterocycles. The van der Waals surface area contributed by atoms with Gasteiger partial charge in [0.15, 0.2) is 0 Å². The number of anilines is 1. The van der Waals surface area contributed by atoms with Gasteiger partial charge in [-0.2, -0.15) is 0 Å². The quantitative estimate of drug-likeness (QED) is 0.498. The van der Waals surface area contributed by atoms with E-state index in [1.54, 1.807) is 35.6 Å². The van der Waals surface area contributed by atoms with Crippen molar-refractivity contribution in [2.45, 2.75) is 11.8 Å². The van der Waals surface area contributed by atoms with E-state index in [-0.39, 0.29) is 4.90 Å². The van der Waals surface area contributed by atoms with Gasteiger partial charge >= 0.3 is 0 Å². The van der Waals surface area contributed by atoms with E-state index in [4.69, 9.17) is 4.74 Å². The van der Waals surface area contributed by atoms with Gasteiger partial charge in [0, 0.05) is 11.3 Å². The van der Waals surface area contributed by atoms with Gasteiger partial charge in [0.1, 0.15) is 15.7 Å². The van der Waals surface area contributed by atoms with Crippen LogP contribution in [0.5, 0.6) is 5.75 Å². The van der Waals surface area contributed by atoms with Gasteiger partial charge in [0.25, 0.3) is 10.0 Å². The predicted octanol–water partition coefficient (Wildman–Crippen LogP) is 5.08. The van der Waals surface area contributed by atoms with Gasteiger partial charge in [-0.1, -0.05) is 30.3 Å². The molecule has 0 amide bonds. The van der Waals surface area contributed by atoms with Crippen LogP contribution in [-0.2, 0) is 10.0 Å². The van der Waals surface area contributed by atoms with Crippen LogP contribution in [0.3, 0.4) is 0 Å². The number of para-hydroxylation sites is 1. The lowest BCUT2D eigenvalue weighted by Gasteiger charge is -2.12. The summed E-state index contributed by atoms with van der Waals surface area (Å²) < 4.78 is 34.8. The first-order valence-corrected chi connectivity index (χ1v) is 10.9. The first kappa shape index (κ1) is 18.5. The number of thiazole rings is 1. The smallest absolute Gasteiger partial charge is 0.265 e. The molecule has 0 aliphatic heterocycles. The normalized spacial score (nSPS) is 11.5. The summed E-state index contributed by atoms with van der Waals surface area (Å²) in [6.07, 6.45) is 0. The third kappa shape index (κ3) is 3.58. The Morgan fingerprint density at radius 3 is 2.61 bits per heavy atom. The lowest BCUT2D eigenvalue weighted by Crippen LogP contribution is -2.14. The van der Waals surface area contributed by atoms with Crippen LogP contribution in [0.4, 0.5) is 5.69 Å².